The number of aromatic nitrogens is 3. The monoisotopic (exact) mass is 443 g/mol. The summed E-state index contributed by atoms with van der Waals surface area (Å²) in [5.41, 5.74) is 0.935. The van der Waals surface area contributed by atoms with E-state index in [9.17, 15) is 19.6 Å². The van der Waals surface area contributed by atoms with Crippen LogP contribution >= 0.6 is 11.6 Å². The van der Waals surface area contributed by atoms with Gasteiger partial charge in [-0.2, -0.15) is 5.26 Å². The largest absolute Gasteiger partial charge is 0.356 e. The van der Waals surface area contributed by atoms with E-state index in [0.717, 1.165) is 12.8 Å². The Morgan fingerprint density at radius 1 is 1.26 bits per heavy atom. The zero-order valence-corrected chi connectivity index (χ0v) is 17.4. The molecule has 2 aromatic heterocycles. The predicted molar refractivity (Wildman–Crippen MR) is 111 cm³/mol. The van der Waals surface area contributed by atoms with Crippen molar-refractivity contribution in [3.8, 4) is 6.07 Å². The second-order valence-electron chi connectivity index (χ2n) is 8.01. The summed E-state index contributed by atoms with van der Waals surface area (Å²) >= 11 is 6.06. The van der Waals surface area contributed by atoms with Crippen molar-refractivity contribution in [2.75, 3.05) is 6.54 Å². The summed E-state index contributed by atoms with van der Waals surface area (Å²) in [6.07, 6.45) is 6.29. The van der Waals surface area contributed by atoms with Crippen molar-refractivity contribution in [3.63, 3.8) is 0 Å². The molecule has 1 aliphatic heterocycles. The number of halogens is 1. The Labute approximate surface area is 183 Å². The van der Waals surface area contributed by atoms with Crippen LogP contribution in [0, 0.1) is 23.2 Å². The molecule has 3 atom stereocenters. The number of hydrogen-bond acceptors (Lipinski definition) is 6. The van der Waals surface area contributed by atoms with Crippen LogP contribution < -0.4 is 16.0 Å². The molecule has 0 unspecified atom stereocenters. The smallest absolute Gasteiger partial charge is 0.287 e. The average Bonchev–Trinajstić information content (AvgIpc) is 3.30. The summed E-state index contributed by atoms with van der Waals surface area (Å²) in [6.45, 7) is 0.576. The van der Waals surface area contributed by atoms with E-state index in [0.29, 0.717) is 41.4 Å². The number of nitrogens with one attached hydrogen (secondary N) is 4. The lowest BCUT2D eigenvalue weighted by Gasteiger charge is -2.21. The molecule has 4 N–H and O–H groups in total. The molecule has 2 fully saturated rings. The summed E-state index contributed by atoms with van der Waals surface area (Å²) in [5.74, 6) is -1.01. The molecule has 10 nitrogen and oxygen atoms in total. The van der Waals surface area contributed by atoms with Crippen LogP contribution in [-0.4, -0.2) is 51.3 Å². The fourth-order valence-corrected chi connectivity index (χ4v) is 3.92. The van der Waals surface area contributed by atoms with Gasteiger partial charge >= 0.3 is 0 Å². The molecule has 4 rings (SSSR count). The first-order valence-electron chi connectivity index (χ1n) is 10.2. The molecule has 2 aliphatic rings. The molecule has 11 heteroatoms. The molecule has 0 spiro atoms. The minimum absolute atomic E-state index is 0.0259. The number of pyridine rings is 1. The number of nitriles is 1. The topological polar surface area (TPSA) is 153 Å². The van der Waals surface area contributed by atoms with Gasteiger partial charge in [-0.25, -0.2) is 4.98 Å². The van der Waals surface area contributed by atoms with Crippen LogP contribution in [0.1, 0.15) is 42.7 Å². The molecule has 0 aromatic carbocycles. The third-order valence-corrected chi connectivity index (χ3v) is 5.88. The molecule has 162 valence electrons. The van der Waals surface area contributed by atoms with Gasteiger partial charge in [-0.05, 0) is 25.2 Å². The lowest BCUT2D eigenvalue weighted by Crippen LogP contribution is -2.50. The minimum atomic E-state index is -0.810. The fraction of sp³-hybridized carbons (Fsp3) is 0.500. The molecule has 1 aliphatic carbocycles. The molecular weight excluding hydrogens is 422 g/mol. The molecule has 1 saturated heterocycles. The lowest BCUT2D eigenvalue weighted by molar-refractivity contribution is -0.125. The van der Waals surface area contributed by atoms with Crippen LogP contribution in [0.5, 0.6) is 0 Å². The lowest BCUT2D eigenvalue weighted by atomic mass is 9.98. The Balaban J connectivity index is 1.43. The molecule has 3 heterocycles. The number of hydrogen-bond donors (Lipinski definition) is 4. The highest BCUT2D eigenvalue weighted by Gasteiger charge is 2.33. The normalized spacial score (nSPS) is 20.0. The van der Waals surface area contributed by atoms with Crippen LogP contribution in [0.15, 0.2) is 12.4 Å². The summed E-state index contributed by atoms with van der Waals surface area (Å²) in [5, 5.41) is 17.9. The van der Waals surface area contributed by atoms with E-state index in [2.05, 4.69) is 30.9 Å². The summed E-state index contributed by atoms with van der Waals surface area (Å²) in [6, 6.07) is 0.429. The van der Waals surface area contributed by atoms with Crippen molar-refractivity contribution >= 4 is 40.4 Å². The van der Waals surface area contributed by atoms with Gasteiger partial charge in [0.25, 0.3) is 5.91 Å². The number of amides is 3. The van der Waals surface area contributed by atoms with Crippen molar-refractivity contribution < 1.29 is 14.4 Å². The van der Waals surface area contributed by atoms with E-state index in [1.165, 1.54) is 12.4 Å². The third-order valence-electron chi connectivity index (χ3n) is 5.61. The maximum atomic E-state index is 12.9. The molecule has 1 saturated carbocycles. The Morgan fingerprint density at radius 2 is 2.06 bits per heavy atom. The highest BCUT2D eigenvalue weighted by Crippen LogP contribution is 2.33. The molecule has 31 heavy (non-hydrogen) atoms. The van der Waals surface area contributed by atoms with E-state index < -0.39 is 23.9 Å². The van der Waals surface area contributed by atoms with E-state index in [1.807, 2.05) is 6.07 Å². The van der Waals surface area contributed by atoms with Gasteiger partial charge in [0.05, 0.1) is 22.8 Å². The molecule has 2 aromatic rings. The molecule has 0 radical (unpaired) electrons. The van der Waals surface area contributed by atoms with E-state index in [-0.39, 0.29) is 24.1 Å². The number of fused-ring (bicyclic) bond motifs is 1. The third kappa shape index (κ3) is 4.94. The van der Waals surface area contributed by atoms with Gasteiger partial charge in [-0.1, -0.05) is 24.4 Å². The number of carbonyl (C=O) groups is 3. The molecule has 3 amide bonds. The van der Waals surface area contributed by atoms with Gasteiger partial charge in [-0.3, -0.25) is 19.4 Å². The quantitative estimate of drug-likeness (QED) is 0.478. The highest BCUT2D eigenvalue weighted by atomic mass is 35.5. The predicted octanol–water partition coefficient (Wildman–Crippen LogP) is 1.04. The van der Waals surface area contributed by atoms with Crippen molar-refractivity contribution in [1.29, 1.82) is 5.26 Å². The highest BCUT2D eigenvalue weighted by molar-refractivity contribution is 6.34. The standard InChI is InChI=1S/C20H22ClN7O3/c21-13-8-23-9-15-16(13)28-17(26-15)20(31)27-14(5-10-1-2-10)19(30)25-12(7-22)6-11-3-4-24-18(11)29/h8-12,14H,1-6H2,(H,24,29)(H,25,30)(H,26,28)(H,27,31)/t11-,12-,14-/m0/s1. The van der Waals surface area contributed by atoms with Crippen LogP contribution in [0.25, 0.3) is 11.0 Å². The Morgan fingerprint density at radius 3 is 2.71 bits per heavy atom. The van der Waals surface area contributed by atoms with Gasteiger partial charge < -0.3 is 20.9 Å². The first kappa shape index (κ1) is 21.1. The zero-order valence-electron chi connectivity index (χ0n) is 16.7. The minimum Gasteiger partial charge on any atom is -0.356 e. The number of imidazole rings is 1. The summed E-state index contributed by atoms with van der Waals surface area (Å²) < 4.78 is 0. The maximum Gasteiger partial charge on any atom is 0.287 e. The maximum absolute atomic E-state index is 12.9. The Bertz CT molecular complexity index is 1060. The second-order valence-corrected chi connectivity index (χ2v) is 8.42. The van der Waals surface area contributed by atoms with Gasteiger partial charge in [0.15, 0.2) is 5.82 Å². The van der Waals surface area contributed by atoms with Crippen molar-refractivity contribution in [1.82, 2.24) is 30.9 Å². The van der Waals surface area contributed by atoms with Gasteiger partial charge in [0, 0.05) is 18.7 Å². The van der Waals surface area contributed by atoms with Crippen LogP contribution in [0.3, 0.4) is 0 Å². The number of aromatic amines is 1. The van der Waals surface area contributed by atoms with E-state index >= 15 is 0 Å². The van der Waals surface area contributed by atoms with Gasteiger partial charge in [0.1, 0.15) is 17.6 Å². The summed E-state index contributed by atoms with van der Waals surface area (Å²) in [7, 11) is 0. The number of nitrogens with zero attached hydrogens (tertiary/aromatic N) is 3. The first-order valence-corrected chi connectivity index (χ1v) is 10.6. The summed E-state index contributed by atoms with van der Waals surface area (Å²) in [4.78, 5) is 48.4. The van der Waals surface area contributed by atoms with Crippen molar-refractivity contribution in [3.05, 3.63) is 23.2 Å². The second kappa shape index (κ2) is 8.89. The number of H-pyrrole nitrogens is 1. The van der Waals surface area contributed by atoms with Crippen molar-refractivity contribution in [2.24, 2.45) is 11.8 Å². The molecule has 0 bridgehead atoms. The zero-order chi connectivity index (χ0) is 22.0. The average molecular weight is 444 g/mol. The van der Waals surface area contributed by atoms with Crippen LogP contribution in [0.2, 0.25) is 5.02 Å². The Hall–Kier alpha value is -3.19. The Kier molecular flexibility index (Phi) is 6.04. The van der Waals surface area contributed by atoms with E-state index in [1.54, 1.807) is 0 Å². The SMILES string of the molecule is N#C[C@H](C[C@@H]1CCNC1=O)NC(=O)[C@H](CC1CC1)NC(=O)c1nc2c(Cl)cncc2[nH]1. The van der Waals surface area contributed by atoms with Gasteiger partial charge in [0.2, 0.25) is 11.8 Å². The van der Waals surface area contributed by atoms with Crippen molar-refractivity contribution in [2.45, 2.75) is 44.2 Å². The van der Waals surface area contributed by atoms with Gasteiger partial charge in [-0.15, -0.1) is 0 Å². The number of carbonyl (C=O) groups excluding carboxylic acids is 3. The first-order chi connectivity index (χ1) is 14.9. The van der Waals surface area contributed by atoms with E-state index in [4.69, 9.17) is 11.6 Å². The fourth-order valence-electron chi connectivity index (χ4n) is 3.72. The molecular formula is C20H22ClN7O3. The number of rotatable bonds is 8. The van der Waals surface area contributed by atoms with Crippen LogP contribution in [0.4, 0.5) is 0 Å². The van der Waals surface area contributed by atoms with Crippen LogP contribution in [-0.2, 0) is 9.59 Å².